The van der Waals surface area contributed by atoms with Gasteiger partial charge in [0.2, 0.25) is 0 Å². The van der Waals surface area contributed by atoms with Gasteiger partial charge in [0.05, 0.1) is 6.61 Å². The Morgan fingerprint density at radius 3 is 2.35 bits per heavy atom. The van der Waals surface area contributed by atoms with E-state index in [4.69, 9.17) is 4.74 Å². The van der Waals surface area contributed by atoms with Crippen molar-refractivity contribution in [1.82, 2.24) is 10.2 Å². The molecule has 0 spiro atoms. The molecule has 7 heteroatoms. The standard InChI is InChI=1S/C13H22N2O5/c1-3-20-10(16)9-15(2)12(19)14-13(11(17)18)7-5-4-6-8-13/h3-9H2,1-2H3,(H,14,19)(H,17,18). The predicted molar refractivity (Wildman–Crippen MR) is 71.2 cm³/mol. The highest BCUT2D eigenvalue weighted by molar-refractivity contribution is 5.87. The molecular weight excluding hydrogens is 264 g/mol. The summed E-state index contributed by atoms with van der Waals surface area (Å²) in [6.07, 6.45) is 3.36. The monoisotopic (exact) mass is 286 g/mol. The molecule has 1 saturated carbocycles. The molecule has 0 unspecified atom stereocenters. The number of amides is 2. The molecule has 20 heavy (non-hydrogen) atoms. The lowest BCUT2D eigenvalue weighted by molar-refractivity contribution is -0.145. The third-order valence-corrected chi connectivity index (χ3v) is 3.48. The summed E-state index contributed by atoms with van der Waals surface area (Å²) in [5.41, 5.74) is -1.21. The van der Waals surface area contributed by atoms with Crippen LogP contribution in [0.5, 0.6) is 0 Å². The molecule has 0 heterocycles. The van der Waals surface area contributed by atoms with Gasteiger partial charge in [0, 0.05) is 7.05 Å². The van der Waals surface area contributed by atoms with Crippen LogP contribution in [0.3, 0.4) is 0 Å². The van der Waals surface area contributed by atoms with Crippen LogP contribution >= 0.6 is 0 Å². The fourth-order valence-corrected chi connectivity index (χ4v) is 2.32. The Bertz CT molecular complexity index is 377. The highest BCUT2D eigenvalue weighted by atomic mass is 16.5. The number of rotatable bonds is 5. The Labute approximate surface area is 118 Å². The Balaban J connectivity index is 2.62. The number of ether oxygens (including phenoxy) is 1. The molecule has 0 bridgehead atoms. The maximum absolute atomic E-state index is 12.0. The van der Waals surface area contributed by atoms with Crippen molar-refractivity contribution < 1.29 is 24.2 Å². The summed E-state index contributed by atoms with van der Waals surface area (Å²) in [5, 5.41) is 11.9. The average molecular weight is 286 g/mol. The number of hydrogen-bond donors (Lipinski definition) is 2. The molecule has 2 amide bonds. The van der Waals surface area contributed by atoms with Crippen LogP contribution in [0.25, 0.3) is 0 Å². The normalized spacial score (nSPS) is 17.1. The molecule has 0 atom stereocenters. The number of nitrogens with zero attached hydrogens (tertiary/aromatic N) is 1. The van der Waals surface area contributed by atoms with Gasteiger partial charge in [-0.05, 0) is 19.8 Å². The van der Waals surface area contributed by atoms with Gasteiger partial charge >= 0.3 is 18.0 Å². The van der Waals surface area contributed by atoms with Crippen LogP contribution in [-0.4, -0.2) is 53.7 Å². The van der Waals surface area contributed by atoms with Crippen molar-refractivity contribution in [2.24, 2.45) is 0 Å². The predicted octanol–water partition coefficient (Wildman–Crippen LogP) is 0.978. The van der Waals surface area contributed by atoms with E-state index < -0.39 is 23.5 Å². The summed E-state index contributed by atoms with van der Waals surface area (Å²) in [5.74, 6) is -1.53. The number of aliphatic carboxylic acids is 1. The molecular formula is C13H22N2O5. The summed E-state index contributed by atoms with van der Waals surface area (Å²) < 4.78 is 4.75. The van der Waals surface area contributed by atoms with E-state index in [1.807, 2.05) is 0 Å². The van der Waals surface area contributed by atoms with Crippen molar-refractivity contribution >= 4 is 18.0 Å². The molecule has 0 aliphatic heterocycles. The fourth-order valence-electron chi connectivity index (χ4n) is 2.32. The zero-order valence-electron chi connectivity index (χ0n) is 12.0. The van der Waals surface area contributed by atoms with Crippen molar-refractivity contribution in [3.8, 4) is 0 Å². The molecule has 1 fully saturated rings. The highest BCUT2D eigenvalue weighted by Crippen LogP contribution is 2.28. The summed E-state index contributed by atoms with van der Waals surface area (Å²) in [7, 11) is 1.44. The molecule has 7 nitrogen and oxygen atoms in total. The van der Waals surface area contributed by atoms with Crippen LogP contribution in [0.1, 0.15) is 39.0 Å². The summed E-state index contributed by atoms with van der Waals surface area (Å²) in [6.45, 7) is 1.72. The maximum Gasteiger partial charge on any atom is 0.329 e. The second-order valence-electron chi connectivity index (χ2n) is 5.04. The first-order valence-corrected chi connectivity index (χ1v) is 6.83. The van der Waals surface area contributed by atoms with Crippen LogP contribution in [0, 0.1) is 0 Å². The minimum atomic E-state index is -1.21. The van der Waals surface area contributed by atoms with Crippen LogP contribution in [0.15, 0.2) is 0 Å². The van der Waals surface area contributed by atoms with Crippen LogP contribution in [0.4, 0.5) is 4.79 Å². The van der Waals surface area contributed by atoms with Crippen LogP contribution < -0.4 is 5.32 Å². The van der Waals surface area contributed by atoms with Crippen LogP contribution in [0.2, 0.25) is 0 Å². The summed E-state index contributed by atoms with van der Waals surface area (Å²) in [4.78, 5) is 35.9. The lowest BCUT2D eigenvalue weighted by atomic mass is 9.82. The number of urea groups is 1. The average Bonchev–Trinajstić information content (AvgIpc) is 2.39. The second kappa shape index (κ2) is 7.12. The van der Waals surface area contributed by atoms with Gasteiger partial charge in [-0.25, -0.2) is 9.59 Å². The van der Waals surface area contributed by atoms with Gasteiger partial charge in [-0.3, -0.25) is 4.79 Å². The van der Waals surface area contributed by atoms with Gasteiger partial charge in [-0.15, -0.1) is 0 Å². The Hall–Kier alpha value is -1.79. The molecule has 1 rings (SSSR count). The van der Waals surface area contributed by atoms with E-state index in [0.29, 0.717) is 12.8 Å². The van der Waals surface area contributed by atoms with Gasteiger partial charge in [0.25, 0.3) is 0 Å². The molecule has 0 aromatic heterocycles. The number of nitrogens with one attached hydrogen (secondary N) is 1. The first-order valence-electron chi connectivity index (χ1n) is 6.83. The Morgan fingerprint density at radius 2 is 1.85 bits per heavy atom. The van der Waals surface area contributed by atoms with Gasteiger partial charge in [0.1, 0.15) is 12.1 Å². The van der Waals surface area contributed by atoms with E-state index in [2.05, 4.69) is 5.32 Å². The lowest BCUT2D eigenvalue weighted by Gasteiger charge is -2.35. The van der Waals surface area contributed by atoms with Gasteiger partial charge in [0.15, 0.2) is 0 Å². The molecule has 0 aromatic rings. The van der Waals surface area contributed by atoms with Gasteiger partial charge in [-0.2, -0.15) is 0 Å². The van der Waals surface area contributed by atoms with E-state index in [1.165, 1.54) is 7.05 Å². The summed E-state index contributed by atoms with van der Waals surface area (Å²) in [6, 6.07) is -0.567. The number of carbonyl (C=O) groups excluding carboxylic acids is 2. The van der Waals surface area contributed by atoms with Crippen molar-refractivity contribution in [2.45, 2.75) is 44.6 Å². The number of carbonyl (C=O) groups is 3. The van der Waals surface area contributed by atoms with E-state index in [1.54, 1.807) is 6.92 Å². The number of carboxylic acid groups (broad SMARTS) is 1. The fraction of sp³-hybridized carbons (Fsp3) is 0.769. The molecule has 0 radical (unpaired) electrons. The Morgan fingerprint density at radius 1 is 1.25 bits per heavy atom. The quantitative estimate of drug-likeness (QED) is 0.734. The van der Waals surface area contributed by atoms with Gasteiger partial charge in [-0.1, -0.05) is 19.3 Å². The van der Waals surface area contributed by atoms with Crippen molar-refractivity contribution in [2.75, 3.05) is 20.2 Å². The minimum absolute atomic E-state index is 0.199. The number of esters is 1. The van der Waals surface area contributed by atoms with E-state index in [0.717, 1.165) is 24.2 Å². The molecule has 114 valence electrons. The number of hydrogen-bond acceptors (Lipinski definition) is 4. The first kappa shape index (κ1) is 16.3. The molecule has 0 saturated heterocycles. The molecule has 1 aliphatic rings. The summed E-state index contributed by atoms with van der Waals surface area (Å²) >= 11 is 0. The SMILES string of the molecule is CCOC(=O)CN(C)C(=O)NC1(C(=O)O)CCCCC1. The number of carboxylic acids is 1. The van der Waals surface area contributed by atoms with E-state index in [9.17, 15) is 19.5 Å². The Kier molecular flexibility index (Phi) is 5.79. The smallest absolute Gasteiger partial charge is 0.329 e. The third-order valence-electron chi connectivity index (χ3n) is 3.48. The molecule has 1 aliphatic carbocycles. The second-order valence-corrected chi connectivity index (χ2v) is 5.04. The van der Waals surface area contributed by atoms with Crippen molar-refractivity contribution in [3.63, 3.8) is 0 Å². The van der Waals surface area contributed by atoms with E-state index >= 15 is 0 Å². The number of likely N-dealkylation sites (N-methyl/N-ethyl adjacent to an activating group) is 1. The van der Waals surface area contributed by atoms with Crippen LogP contribution in [-0.2, 0) is 14.3 Å². The minimum Gasteiger partial charge on any atom is -0.480 e. The zero-order chi connectivity index (χ0) is 15.2. The highest BCUT2D eigenvalue weighted by Gasteiger charge is 2.41. The topological polar surface area (TPSA) is 95.9 Å². The lowest BCUT2D eigenvalue weighted by Crippen LogP contribution is -2.58. The largest absolute Gasteiger partial charge is 0.480 e. The van der Waals surface area contributed by atoms with Crippen molar-refractivity contribution in [3.05, 3.63) is 0 Å². The first-order chi connectivity index (χ1) is 9.41. The van der Waals surface area contributed by atoms with Crippen molar-refractivity contribution in [1.29, 1.82) is 0 Å². The van der Waals surface area contributed by atoms with E-state index in [-0.39, 0.29) is 13.2 Å². The molecule has 0 aromatic carbocycles. The van der Waals surface area contributed by atoms with Gasteiger partial charge < -0.3 is 20.1 Å². The zero-order valence-corrected chi connectivity index (χ0v) is 12.0. The maximum atomic E-state index is 12.0. The molecule has 2 N–H and O–H groups in total. The third kappa shape index (κ3) is 4.11.